The highest BCUT2D eigenvalue weighted by atomic mass is 19.4. The molecule has 1 amide bonds. The molecule has 182 valence electrons. The predicted octanol–water partition coefficient (Wildman–Crippen LogP) is 4.95. The average molecular weight is 484 g/mol. The Morgan fingerprint density at radius 1 is 1.06 bits per heavy atom. The van der Waals surface area contributed by atoms with E-state index in [9.17, 15) is 18.0 Å². The van der Waals surface area contributed by atoms with Crippen molar-refractivity contribution in [1.29, 1.82) is 0 Å². The van der Waals surface area contributed by atoms with Crippen LogP contribution in [-0.4, -0.2) is 45.2 Å². The van der Waals surface area contributed by atoms with Crippen LogP contribution >= 0.6 is 0 Å². The van der Waals surface area contributed by atoms with E-state index in [4.69, 9.17) is 4.74 Å². The Hall–Kier alpha value is -3.76. The second kappa shape index (κ2) is 9.12. The Bertz CT molecular complexity index is 1180. The first kappa shape index (κ1) is 23.0. The fraction of sp³-hybridized carbons (Fsp3) is 0.375. The van der Waals surface area contributed by atoms with Gasteiger partial charge in [0.25, 0.3) is 0 Å². The lowest BCUT2D eigenvalue weighted by molar-refractivity contribution is -0.137. The lowest BCUT2D eigenvalue weighted by Gasteiger charge is -2.35. The van der Waals surface area contributed by atoms with E-state index in [0.717, 1.165) is 37.8 Å². The second-order valence-corrected chi connectivity index (χ2v) is 8.93. The Balaban J connectivity index is 1.14. The number of hydrogen-bond donors (Lipinski definition) is 1. The number of benzene rings is 1. The van der Waals surface area contributed by atoms with Gasteiger partial charge in [0, 0.05) is 18.3 Å². The van der Waals surface area contributed by atoms with Crippen LogP contribution in [0.15, 0.2) is 54.7 Å². The van der Waals surface area contributed by atoms with Gasteiger partial charge in [-0.2, -0.15) is 18.3 Å². The monoisotopic (exact) mass is 484 g/mol. The number of carbonyl (C=O) groups excluding carboxylic acids is 1. The summed E-state index contributed by atoms with van der Waals surface area (Å²) >= 11 is 0. The smallest absolute Gasteiger partial charge is 0.416 e. The van der Waals surface area contributed by atoms with Gasteiger partial charge in [0.15, 0.2) is 5.82 Å². The van der Waals surface area contributed by atoms with Gasteiger partial charge >= 0.3 is 12.3 Å². The molecular formula is C24H23F3N6O2. The molecular weight excluding hydrogens is 461 g/mol. The number of alkyl halides is 3. The van der Waals surface area contributed by atoms with Gasteiger partial charge in [-0.15, -0.1) is 15.3 Å². The van der Waals surface area contributed by atoms with Crippen molar-refractivity contribution in [2.75, 3.05) is 23.3 Å². The van der Waals surface area contributed by atoms with Crippen molar-refractivity contribution >= 4 is 17.7 Å². The lowest BCUT2D eigenvalue weighted by atomic mass is 9.78. The van der Waals surface area contributed by atoms with Crippen LogP contribution in [0.1, 0.15) is 31.2 Å². The Morgan fingerprint density at radius 2 is 1.89 bits per heavy atom. The number of ether oxygens (including phenoxy) is 1. The zero-order valence-electron chi connectivity index (χ0n) is 18.7. The second-order valence-electron chi connectivity index (χ2n) is 8.93. The van der Waals surface area contributed by atoms with Crippen LogP contribution in [0, 0.1) is 5.92 Å². The van der Waals surface area contributed by atoms with Gasteiger partial charge in [0.2, 0.25) is 0 Å². The van der Waals surface area contributed by atoms with E-state index in [-0.39, 0.29) is 0 Å². The molecule has 0 atom stereocenters. The number of aromatic nitrogens is 4. The highest BCUT2D eigenvalue weighted by Gasteiger charge is 2.48. The quantitative estimate of drug-likeness (QED) is 0.548. The first-order valence-electron chi connectivity index (χ1n) is 11.3. The maximum absolute atomic E-state index is 13.0. The minimum Gasteiger partial charge on any atom is -0.441 e. The largest absolute Gasteiger partial charge is 0.441 e. The summed E-state index contributed by atoms with van der Waals surface area (Å²) < 4.78 is 44.6. The van der Waals surface area contributed by atoms with Gasteiger partial charge in [-0.1, -0.05) is 12.1 Å². The molecule has 1 spiro atoms. The molecule has 1 aromatic carbocycles. The highest BCUT2D eigenvalue weighted by Crippen LogP contribution is 2.40. The zero-order chi connectivity index (χ0) is 24.5. The molecule has 11 heteroatoms. The van der Waals surface area contributed by atoms with Gasteiger partial charge in [-0.25, -0.2) is 4.79 Å². The van der Waals surface area contributed by atoms with Gasteiger partial charge in [-0.05, 0) is 68.0 Å². The number of hydrogen-bond acceptors (Lipinski definition) is 7. The SMILES string of the molecule is O=C1O[C@]2(CC[C@H](CNc3ccc(-c4cccc(C(F)(F)F)c4)nn3)CC2)CN1c1cccnn1. The number of nitrogens with one attached hydrogen (secondary N) is 1. The van der Waals surface area contributed by atoms with Crippen LogP contribution in [0.2, 0.25) is 0 Å². The van der Waals surface area contributed by atoms with Gasteiger partial charge in [0.1, 0.15) is 11.4 Å². The van der Waals surface area contributed by atoms with Crippen LogP contribution in [0.25, 0.3) is 11.3 Å². The molecule has 3 heterocycles. The van der Waals surface area contributed by atoms with Crippen molar-refractivity contribution in [2.45, 2.75) is 37.5 Å². The van der Waals surface area contributed by atoms with Gasteiger partial charge in [-0.3, -0.25) is 4.90 Å². The van der Waals surface area contributed by atoms with E-state index in [0.29, 0.717) is 41.9 Å². The minimum absolute atomic E-state index is 0.359. The zero-order valence-corrected chi connectivity index (χ0v) is 18.7. The summed E-state index contributed by atoms with van der Waals surface area (Å²) in [7, 11) is 0. The number of nitrogens with zero attached hydrogens (tertiary/aromatic N) is 5. The van der Waals surface area contributed by atoms with Gasteiger partial charge < -0.3 is 10.1 Å². The lowest BCUT2D eigenvalue weighted by Crippen LogP contribution is -2.39. The standard InChI is InChI=1S/C24H23F3N6O2/c25-24(26,27)18-4-1-3-17(13-18)19-6-7-20(31-30-19)28-14-16-8-10-23(11-9-16)15-33(22(34)35-23)21-5-2-12-29-32-21/h1-7,12-13,16H,8-11,14-15H2,(H,28,31)/t16-,23-. The summed E-state index contributed by atoms with van der Waals surface area (Å²) in [5.41, 5.74) is -0.491. The normalized spacial score (nSPS) is 22.3. The molecule has 35 heavy (non-hydrogen) atoms. The van der Waals surface area contributed by atoms with Crippen LogP contribution < -0.4 is 10.2 Å². The Kier molecular flexibility index (Phi) is 6.00. The molecule has 0 radical (unpaired) electrons. The topological polar surface area (TPSA) is 93.1 Å². The Morgan fingerprint density at radius 3 is 2.57 bits per heavy atom. The first-order chi connectivity index (χ1) is 16.8. The van der Waals surface area contributed by atoms with Crippen LogP contribution in [0.4, 0.5) is 29.6 Å². The Labute approximate surface area is 199 Å². The summed E-state index contributed by atoms with van der Waals surface area (Å²) in [4.78, 5) is 13.9. The van der Waals surface area contributed by atoms with E-state index in [1.165, 1.54) is 11.0 Å². The maximum atomic E-state index is 13.0. The molecule has 8 nitrogen and oxygen atoms in total. The number of carbonyl (C=O) groups is 1. The molecule has 2 aliphatic rings. The summed E-state index contributed by atoms with van der Waals surface area (Å²) in [6.45, 7) is 1.14. The van der Waals surface area contributed by atoms with Crippen molar-refractivity contribution in [3.8, 4) is 11.3 Å². The maximum Gasteiger partial charge on any atom is 0.416 e. The molecule has 1 saturated heterocycles. The van der Waals surface area contributed by atoms with Crippen LogP contribution in [0.3, 0.4) is 0 Å². The molecule has 2 aromatic heterocycles. The van der Waals surface area contributed by atoms with Crippen molar-refractivity contribution in [1.82, 2.24) is 20.4 Å². The average Bonchev–Trinajstić information content (AvgIpc) is 3.19. The van der Waals surface area contributed by atoms with Crippen LogP contribution in [0.5, 0.6) is 0 Å². The molecule has 1 aliphatic heterocycles. The molecule has 2 fully saturated rings. The molecule has 1 N–H and O–H groups in total. The van der Waals surface area contributed by atoms with Crippen molar-refractivity contribution in [3.63, 3.8) is 0 Å². The fourth-order valence-corrected chi connectivity index (χ4v) is 4.59. The summed E-state index contributed by atoms with van der Waals surface area (Å²) in [6, 6.07) is 11.9. The predicted molar refractivity (Wildman–Crippen MR) is 122 cm³/mol. The fourth-order valence-electron chi connectivity index (χ4n) is 4.59. The third-order valence-corrected chi connectivity index (χ3v) is 6.54. The highest BCUT2D eigenvalue weighted by molar-refractivity contribution is 5.89. The third-order valence-electron chi connectivity index (χ3n) is 6.54. The molecule has 0 unspecified atom stereocenters. The molecule has 1 aliphatic carbocycles. The van der Waals surface area contributed by atoms with E-state index in [2.05, 4.69) is 25.7 Å². The molecule has 1 saturated carbocycles. The number of halogens is 3. The molecule has 5 rings (SSSR count). The van der Waals surface area contributed by atoms with E-state index < -0.39 is 23.4 Å². The minimum atomic E-state index is -4.41. The number of anilines is 2. The van der Waals surface area contributed by atoms with E-state index in [1.54, 1.807) is 36.5 Å². The van der Waals surface area contributed by atoms with Crippen LogP contribution in [-0.2, 0) is 10.9 Å². The summed E-state index contributed by atoms with van der Waals surface area (Å²) in [5.74, 6) is 1.42. The third kappa shape index (κ3) is 5.03. The molecule has 3 aromatic rings. The summed E-state index contributed by atoms with van der Waals surface area (Å²) in [6.07, 6.45) is 0.0213. The van der Waals surface area contributed by atoms with Crippen molar-refractivity contribution < 1.29 is 22.7 Å². The first-order valence-corrected chi connectivity index (χ1v) is 11.3. The number of rotatable bonds is 5. The summed E-state index contributed by atoms with van der Waals surface area (Å²) in [5, 5.41) is 19.3. The van der Waals surface area contributed by atoms with Crippen molar-refractivity contribution in [2.24, 2.45) is 5.92 Å². The molecule has 0 bridgehead atoms. The van der Waals surface area contributed by atoms with Gasteiger partial charge in [0.05, 0.1) is 17.8 Å². The van der Waals surface area contributed by atoms with E-state index >= 15 is 0 Å². The van der Waals surface area contributed by atoms with E-state index in [1.807, 2.05) is 0 Å². The number of amides is 1. The van der Waals surface area contributed by atoms with Crippen molar-refractivity contribution in [3.05, 3.63) is 60.3 Å².